The molecule has 0 aromatic carbocycles. The summed E-state index contributed by atoms with van der Waals surface area (Å²) in [5.74, 6) is 1.56. The molecule has 0 aliphatic carbocycles. The van der Waals surface area contributed by atoms with Crippen molar-refractivity contribution in [2.75, 3.05) is 31.1 Å². The summed E-state index contributed by atoms with van der Waals surface area (Å²) in [5, 5.41) is 2.72. The first-order valence-corrected chi connectivity index (χ1v) is 8.95. The number of hydrogen-bond acceptors (Lipinski definition) is 7. The lowest BCUT2D eigenvalue weighted by atomic mass is 10.2. The monoisotopic (exact) mass is 355 g/mol. The van der Waals surface area contributed by atoms with Crippen LogP contribution in [0.5, 0.6) is 0 Å². The highest BCUT2D eigenvalue weighted by Gasteiger charge is 2.23. The van der Waals surface area contributed by atoms with Crippen molar-refractivity contribution in [1.29, 1.82) is 0 Å². The zero-order valence-corrected chi connectivity index (χ0v) is 14.4. The van der Waals surface area contributed by atoms with Crippen molar-refractivity contribution >= 4 is 23.2 Å². The number of thiazole rings is 1. The molecule has 0 atom stereocenters. The third-order valence-corrected chi connectivity index (χ3v) is 4.99. The molecule has 25 heavy (non-hydrogen) atoms. The van der Waals surface area contributed by atoms with Crippen LogP contribution in [0.3, 0.4) is 0 Å². The standard InChI is InChI=1S/C17H17N5O2S/c23-15(11-13-12-25-16(20-13)14-3-1-10-24-14)21-6-8-22(9-7-21)17-18-4-2-5-19-17/h1-5,10,12H,6-9,11H2. The van der Waals surface area contributed by atoms with Crippen molar-refractivity contribution in [3.8, 4) is 10.8 Å². The Morgan fingerprint density at radius 2 is 1.96 bits per heavy atom. The van der Waals surface area contributed by atoms with Gasteiger partial charge in [0.1, 0.15) is 0 Å². The molecule has 4 rings (SSSR count). The van der Waals surface area contributed by atoms with Gasteiger partial charge in [-0.3, -0.25) is 4.79 Å². The molecule has 128 valence electrons. The number of piperazine rings is 1. The fraction of sp³-hybridized carbons (Fsp3) is 0.294. The van der Waals surface area contributed by atoms with Gasteiger partial charge in [0.05, 0.1) is 18.4 Å². The summed E-state index contributed by atoms with van der Waals surface area (Å²) in [4.78, 5) is 29.5. The summed E-state index contributed by atoms with van der Waals surface area (Å²) in [6.45, 7) is 2.83. The zero-order chi connectivity index (χ0) is 17.1. The molecule has 3 aromatic heterocycles. The summed E-state index contributed by atoms with van der Waals surface area (Å²) in [6.07, 6.45) is 5.41. The quantitative estimate of drug-likeness (QED) is 0.713. The second-order valence-corrected chi connectivity index (χ2v) is 6.57. The minimum atomic E-state index is 0.102. The van der Waals surface area contributed by atoms with E-state index < -0.39 is 0 Å². The molecule has 4 heterocycles. The van der Waals surface area contributed by atoms with E-state index in [4.69, 9.17) is 4.42 Å². The molecule has 0 unspecified atom stereocenters. The minimum absolute atomic E-state index is 0.102. The van der Waals surface area contributed by atoms with E-state index in [1.165, 1.54) is 11.3 Å². The highest BCUT2D eigenvalue weighted by Crippen LogP contribution is 2.24. The first-order valence-electron chi connectivity index (χ1n) is 8.07. The molecule has 7 nitrogen and oxygen atoms in total. The topological polar surface area (TPSA) is 75.4 Å². The predicted molar refractivity (Wildman–Crippen MR) is 94.3 cm³/mol. The van der Waals surface area contributed by atoms with Gasteiger partial charge in [0.15, 0.2) is 10.8 Å². The lowest BCUT2D eigenvalue weighted by Crippen LogP contribution is -2.49. The van der Waals surface area contributed by atoms with Crippen LogP contribution >= 0.6 is 11.3 Å². The summed E-state index contributed by atoms with van der Waals surface area (Å²) >= 11 is 1.49. The average molecular weight is 355 g/mol. The minimum Gasteiger partial charge on any atom is -0.462 e. The molecule has 1 aliphatic rings. The van der Waals surface area contributed by atoms with Crippen molar-refractivity contribution < 1.29 is 9.21 Å². The number of furan rings is 1. The molecule has 8 heteroatoms. The van der Waals surface area contributed by atoms with Gasteiger partial charge < -0.3 is 14.2 Å². The molecular formula is C17H17N5O2S. The Labute approximate surface area is 149 Å². The second-order valence-electron chi connectivity index (χ2n) is 5.71. The van der Waals surface area contributed by atoms with Gasteiger partial charge in [0, 0.05) is 44.0 Å². The first kappa shape index (κ1) is 15.8. The van der Waals surface area contributed by atoms with Gasteiger partial charge in [-0.05, 0) is 18.2 Å². The average Bonchev–Trinajstić information content (AvgIpc) is 3.34. The van der Waals surface area contributed by atoms with Crippen LogP contribution in [0.4, 0.5) is 5.95 Å². The van der Waals surface area contributed by atoms with E-state index in [-0.39, 0.29) is 5.91 Å². The molecule has 0 N–H and O–H groups in total. The SMILES string of the molecule is O=C(Cc1csc(-c2ccco2)n1)N1CCN(c2ncccn2)CC1. The van der Waals surface area contributed by atoms with Gasteiger partial charge in [-0.2, -0.15) is 0 Å². The number of rotatable bonds is 4. The predicted octanol–water partition coefficient (Wildman–Crippen LogP) is 2.08. The van der Waals surface area contributed by atoms with Crippen molar-refractivity contribution in [3.05, 3.63) is 47.9 Å². The molecule has 1 aliphatic heterocycles. The van der Waals surface area contributed by atoms with E-state index in [1.54, 1.807) is 24.7 Å². The van der Waals surface area contributed by atoms with Crippen molar-refractivity contribution in [3.63, 3.8) is 0 Å². The molecule has 3 aromatic rings. The van der Waals surface area contributed by atoms with Crippen molar-refractivity contribution in [1.82, 2.24) is 19.9 Å². The van der Waals surface area contributed by atoms with E-state index in [2.05, 4.69) is 19.9 Å². The normalized spacial score (nSPS) is 14.7. The van der Waals surface area contributed by atoms with Gasteiger partial charge in [-0.1, -0.05) is 0 Å². The van der Waals surface area contributed by atoms with Crippen molar-refractivity contribution in [2.24, 2.45) is 0 Å². The number of aromatic nitrogens is 3. The third-order valence-electron chi connectivity index (χ3n) is 4.08. The lowest BCUT2D eigenvalue weighted by Gasteiger charge is -2.34. The van der Waals surface area contributed by atoms with Crippen LogP contribution in [0.15, 0.2) is 46.7 Å². The summed E-state index contributed by atoms with van der Waals surface area (Å²) in [7, 11) is 0. The molecule has 1 saturated heterocycles. The Hall–Kier alpha value is -2.74. The maximum Gasteiger partial charge on any atom is 0.228 e. The molecule has 0 saturated carbocycles. The third kappa shape index (κ3) is 3.53. The Kier molecular flexibility index (Phi) is 4.43. The first-order chi connectivity index (χ1) is 12.3. The number of carbonyl (C=O) groups excluding carboxylic acids is 1. The van der Waals surface area contributed by atoms with Crippen LogP contribution in [0.25, 0.3) is 10.8 Å². The Morgan fingerprint density at radius 3 is 2.68 bits per heavy atom. The molecular weight excluding hydrogens is 338 g/mol. The van der Waals surface area contributed by atoms with Crippen LogP contribution in [-0.2, 0) is 11.2 Å². The van der Waals surface area contributed by atoms with Crippen LogP contribution in [-0.4, -0.2) is 51.9 Å². The molecule has 1 amide bonds. The van der Waals surface area contributed by atoms with E-state index in [0.29, 0.717) is 19.5 Å². The second kappa shape index (κ2) is 7.02. The van der Waals surface area contributed by atoms with Gasteiger partial charge in [0.25, 0.3) is 0 Å². The summed E-state index contributed by atoms with van der Waals surface area (Å²) in [5.41, 5.74) is 0.787. The number of nitrogens with zero attached hydrogens (tertiary/aromatic N) is 5. The van der Waals surface area contributed by atoms with E-state index in [1.807, 2.05) is 22.4 Å². The summed E-state index contributed by atoms with van der Waals surface area (Å²) in [6, 6.07) is 5.50. The zero-order valence-electron chi connectivity index (χ0n) is 13.5. The Balaban J connectivity index is 1.34. The largest absolute Gasteiger partial charge is 0.462 e. The number of anilines is 1. The highest BCUT2D eigenvalue weighted by molar-refractivity contribution is 7.13. The van der Waals surface area contributed by atoms with Crippen LogP contribution < -0.4 is 4.90 Å². The Bertz CT molecular complexity index is 826. The van der Waals surface area contributed by atoms with Gasteiger partial charge in [-0.25, -0.2) is 15.0 Å². The smallest absolute Gasteiger partial charge is 0.228 e. The van der Waals surface area contributed by atoms with E-state index >= 15 is 0 Å². The van der Waals surface area contributed by atoms with Gasteiger partial charge >= 0.3 is 0 Å². The van der Waals surface area contributed by atoms with Gasteiger partial charge in [0.2, 0.25) is 11.9 Å². The lowest BCUT2D eigenvalue weighted by molar-refractivity contribution is -0.130. The molecule has 0 spiro atoms. The van der Waals surface area contributed by atoms with E-state index in [0.717, 1.165) is 35.5 Å². The number of hydrogen-bond donors (Lipinski definition) is 0. The summed E-state index contributed by atoms with van der Waals surface area (Å²) < 4.78 is 5.34. The number of amides is 1. The highest BCUT2D eigenvalue weighted by atomic mass is 32.1. The molecule has 0 bridgehead atoms. The van der Waals surface area contributed by atoms with Crippen LogP contribution in [0.2, 0.25) is 0 Å². The fourth-order valence-electron chi connectivity index (χ4n) is 2.78. The van der Waals surface area contributed by atoms with Gasteiger partial charge in [-0.15, -0.1) is 11.3 Å². The molecule has 1 fully saturated rings. The van der Waals surface area contributed by atoms with Crippen LogP contribution in [0.1, 0.15) is 5.69 Å². The van der Waals surface area contributed by atoms with Crippen molar-refractivity contribution in [2.45, 2.75) is 6.42 Å². The number of carbonyl (C=O) groups is 1. The van der Waals surface area contributed by atoms with Crippen LogP contribution in [0, 0.1) is 0 Å². The fourth-order valence-corrected chi connectivity index (χ4v) is 3.56. The maximum atomic E-state index is 12.5. The van der Waals surface area contributed by atoms with E-state index in [9.17, 15) is 4.79 Å². The Morgan fingerprint density at radius 1 is 1.16 bits per heavy atom. The maximum absolute atomic E-state index is 12.5. The molecule has 0 radical (unpaired) electrons.